The second-order valence-electron chi connectivity index (χ2n) is 6.63. The van der Waals surface area contributed by atoms with Gasteiger partial charge in [-0.05, 0) is 61.0 Å². The van der Waals surface area contributed by atoms with Crippen LogP contribution >= 0.6 is 15.9 Å². The molecule has 0 saturated heterocycles. The molecule has 0 radical (unpaired) electrons. The third-order valence-corrected chi connectivity index (χ3v) is 5.57. The summed E-state index contributed by atoms with van der Waals surface area (Å²) >= 11 is 3.44. The summed E-state index contributed by atoms with van der Waals surface area (Å²) in [6.07, 6.45) is 0. The minimum Gasteiger partial charge on any atom is -0.422 e. The van der Waals surface area contributed by atoms with E-state index >= 15 is 0 Å². The Hall–Kier alpha value is -3.26. The largest absolute Gasteiger partial charge is 0.422 e. The number of carbonyl (C=O) groups excluding carboxylic acids is 2. The average Bonchev–Trinajstić information content (AvgIpc) is 2.99. The molecule has 8 heteroatoms. The molecule has 0 saturated carbocycles. The standard InChI is InChI=1S/C22H21BrN4O3/c1-14(24-25-20(28)13-27-16(3)21(23)15(2)26-27)18-11-7-8-12-19(18)30-22(29)17-9-5-4-6-10-17/h4-12H,13H2,1-3H3,(H,25,28). The zero-order valence-corrected chi connectivity index (χ0v) is 18.4. The van der Waals surface area contributed by atoms with E-state index < -0.39 is 5.97 Å². The van der Waals surface area contributed by atoms with Gasteiger partial charge in [0, 0.05) is 5.56 Å². The van der Waals surface area contributed by atoms with Crippen LogP contribution in [0.2, 0.25) is 0 Å². The second-order valence-corrected chi connectivity index (χ2v) is 7.42. The minimum absolute atomic E-state index is 0.0414. The van der Waals surface area contributed by atoms with Crippen LogP contribution in [0, 0.1) is 13.8 Å². The molecule has 0 aliphatic rings. The van der Waals surface area contributed by atoms with Crippen LogP contribution in [0.1, 0.15) is 34.2 Å². The van der Waals surface area contributed by atoms with Crippen molar-refractivity contribution in [3.8, 4) is 5.75 Å². The van der Waals surface area contributed by atoms with Crippen molar-refractivity contribution in [2.75, 3.05) is 0 Å². The maximum atomic E-state index is 12.4. The molecule has 0 bridgehead atoms. The topological polar surface area (TPSA) is 85.6 Å². The predicted octanol–water partition coefficient (Wildman–Crippen LogP) is 4.02. The van der Waals surface area contributed by atoms with Crippen LogP contribution in [-0.2, 0) is 11.3 Å². The quantitative estimate of drug-likeness (QED) is 0.256. The lowest BCUT2D eigenvalue weighted by atomic mass is 10.1. The van der Waals surface area contributed by atoms with E-state index in [0.717, 1.165) is 15.9 Å². The summed E-state index contributed by atoms with van der Waals surface area (Å²) in [6, 6.07) is 15.8. The molecule has 154 valence electrons. The lowest BCUT2D eigenvalue weighted by Crippen LogP contribution is -2.25. The first-order chi connectivity index (χ1) is 14.4. The minimum atomic E-state index is -0.463. The number of nitrogens with one attached hydrogen (secondary N) is 1. The van der Waals surface area contributed by atoms with Gasteiger partial charge in [-0.2, -0.15) is 10.2 Å². The van der Waals surface area contributed by atoms with Gasteiger partial charge in [-0.1, -0.05) is 30.3 Å². The normalized spacial score (nSPS) is 11.3. The van der Waals surface area contributed by atoms with Gasteiger partial charge in [0.25, 0.3) is 5.91 Å². The summed E-state index contributed by atoms with van der Waals surface area (Å²) in [5, 5.41) is 8.48. The van der Waals surface area contributed by atoms with Crippen molar-refractivity contribution < 1.29 is 14.3 Å². The number of para-hydroxylation sites is 1. The van der Waals surface area contributed by atoms with E-state index in [0.29, 0.717) is 22.6 Å². The van der Waals surface area contributed by atoms with Gasteiger partial charge in [0.2, 0.25) is 0 Å². The first-order valence-corrected chi connectivity index (χ1v) is 10.1. The van der Waals surface area contributed by atoms with E-state index in [1.165, 1.54) is 0 Å². The highest BCUT2D eigenvalue weighted by atomic mass is 79.9. The van der Waals surface area contributed by atoms with E-state index in [9.17, 15) is 9.59 Å². The molecule has 30 heavy (non-hydrogen) atoms. The van der Waals surface area contributed by atoms with Crippen LogP contribution in [0.5, 0.6) is 5.75 Å². The Morgan fingerprint density at radius 2 is 1.77 bits per heavy atom. The van der Waals surface area contributed by atoms with E-state index in [1.54, 1.807) is 54.1 Å². The van der Waals surface area contributed by atoms with Crippen molar-refractivity contribution in [2.45, 2.75) is 27.3 Å². The number of carbonyl (C=O) groups is 2. The fourth-order valence-electron chi connectivity index (χ4n) is 2.79. The number of esters is 1. The molecule has 3 rings (SSSR count). The first kappa shape index (κ1) is 21.4. The van der Waals surface area contributed by atoms with Gasteiger partial charge >= 0.3 is 5.97 Å². The third-order valence-electron chi connectivity index (χ3n) is 4.42. The molecule has 0 aliphatic carbocycles. The Morgan fingerprint density at radius 3 is 2.43 bits per heavy atom. The molecular formula is C22H21BrN4O3. The molecule has 1 aromatic heterocycles. The summed E-state index contributed by atoms with van der Waals surface area (Å²) in [5.74, 6) is -0.412. The van der Waals surface area contributed by atoms with E-state index in [4.69, 9.17) is 4.74 Å². The molecule has 0 aliphatic heterocycles. The van der Waals surface area contributed by atoms with Crippen molar-refractivity contribution in [3.05, 3.63) is 81.6 Å². The number of benzene rings is 2. The molecule has 7 nitrogen and oxygen atoms in total. The van der Waals surface area contributed by atoms with Crippen molar-refractivity contribution in [1.82, 2.24) is 15.2 Å². The number of nitrogens with zero attached hydrogens (tertiary/aromatic N) is 3. The van der Waals surface area contributed by atoms with Gasteiger partial charge < -0.3 is 4.74 Å². The summed E-state index contributed by atoms with van der Waals surface area (Å²) < 4.78 is 8.02. The lowest BCUT2D eigenvalue weighted by Gasteiger charge is -2.10. The second kappa shape index (κ2) is 9.49. The number of aryl methyl sites for hydroxylation is 1. The van der Waals surface area contributed by atoms with E-state index in [1.807, 2.05) is 26.0 Å². The number of rotatable bonds is 6. The van der Waals surface area contributed by atoms with Gasteiger partial charge in [-0.3, -0.25) is 9.48 Å². The maximum Gasteiger partial charge on any atom is 0.343 e. The van der Waals surface area contributed by atoms with Gasteiger partial charge in [-0.25, -0.2) is 10.2 Å². The Kier molecular flexibility index (Phi) is 6.79. The molecule has 2 aromatic carbocycles. The highest BCUT2D eigenvalue weighted by Crippen LogP contribution is 2.21. The van der Waals surface area contributed by atoms with Gasteiger partial charge in [0.05, 0.1) is 27.1 Å². The van der Waals surface area contributed by atoms with Crippen molar-refractivity contribution in [1.29, 1.82) is 0 Å². The highest BCUT2D eigenvalue weighted by molar-refractivity contribution is 9.10. The molecule has 3 aromatic rings. The van der Waals surface area contributed by atoms with Crippen LogP contribution in [0.3, 0.4) is 0 Å². The number of hydrogen-bond acceptors (Lipinski definition) is 5. The maximum absolute atomic E-state index is 12.4. The van der Waals surface area contributed by atoms with Crippen LogP contribution in [-0.4, -0.2) is 27.4 Å². The molecule has 1 heterocycles. The molecular weight excluding hydrogens is 448 g/mol. The van der Waals surface area contributed by atoms with Crippen LogP contribution in [0.25, 0.3) is 0 Å². The molecule has 0 unspecified atom stereocenters. The predicted molar refractivity (Wildman–Crippen MR) is 118 cm³/mol. The van der Waals surface area contributed by atoms with Gasteiger partial charge in [0.15, 0.2) is 0 Å². The molecule has 0 atom stereocenters. The number of hydrogen-bond donors (Lipinski definition) is 1. The summed E-state index contributed by atoms with van der Waals surface area (Å²) in [5.41, 5.74) is 5.77. The van der Waals surface area contributed by atoms with Crippen molar-refractivity contribution in [2.24, 2.45) is 5.10 Å². The number of hydrazone groups is 1. The summed E-state index contributed by atoms with van der Waals surface area (Å²) in [6.45, 7) is 5.51. The van der Waals surface area contributed by atoms with Crippen LogP contribution < -0.4 is 10.2 Å². The fraction of sp³-hybridized carbons (Fsp3) is 0.182. The Balaban J connectivity index is 1.71. The van der Waals surface area contributed by atoms with E-state index in [2.05, 4.69) is 31.6 Å². The number of amides is 1. The highest BCUT2D eigenvalue weighted by Gasteiger charge is 2.14. The Bertz CT molecular complexity index is 1110. The first-order valence-electron chi connectivity index (χ1n) is 9.26. The Morgan fingerprint density at radius 1 is 1.10 bits per heavy atom. The number of aromatic nitrogens is 2. The number of halogens is 1. The van der Waals surface area contributed by atoms with Crippen LogP contribution in [0.4, 0.5) is 0 Å². The molecule has 0 fully saturated rings. The zero-order valence-electron chi connectivity index (χ0n) is 16.8. The van der Waals surface area contributed by atoms with Gasteiger partial charge in [-0.15, -0.1) is 0 Å². The summed E-state index contributed by atoms with van der Waals surface area (Å²) in [4.78, 5) is 24.7. The van der Waals surface area contributed by atoms with Gasteiger partial charge in [0.1, 0.15) is 12.3 Å². The molecule has 1 amide bonds. The molecule has 1 N–H and O–H groups in total. The fourth-order valence-corrected chi connectivity index (χ4v) is 3.08. The average molecular weight is 469 g/mol. The monoisotopic (exact) mass is 468 g/mol. The number of ether oxygens (including phenoxy) is 1. The van der Waals surface area contributed by atoms with Crippen LogP contribution in [0.15, 0.2) is 64.2 Å². The smallest absolute Gasteiger partial charge is 0.343 e. The Labute approximate surface area is 182 Å². The summed E-state index contributed by atoms with van der Waals surface area (Å²) in [7, 11) is 0. The van der Waals surface area contributed by atoms with E-state index in [-0.39, 0.29) is 12.5 Å². The third kappa shape index (κ3) is 5.01. The SMILES string of the molecule is CC(=NNC(=O)Cn1nc(C)c(Br)c1C)c1ccccc1OC(=O)c1ccccc1. The molecule has 0 spiro atoms. The van der Waals surface area contributed by atoms with Crippen molar-refractivity contribution >= 4 is 33.5 Å². The lowest BCUT2D eigenvalue weighted by molar-refractivity contribution is -0.121. The van der Waals surface area contributed by atoms with Crippen molar-refractivity contribution in [3.63, 3.8) is 0 Å². The zero-order chi connectivity index (χ0) is 21.7.